The molecule has 4 heteroatoms. The fourth-order valence-corrected chi connectivity index (χ4v) is 3.27. The minimum atomic E-state index is -0.201. The fraction of sp³-hybridized carbons (Fsp3) is 0.455. The number of hydrogen-bond acceptors (Lipinski definition) is 2. The van der Waals surface area contributed by atoms with E-state index in [1.54, 1.807) is 0 Å². The third-order valence-corrected chi connectivity index (χ3v) is 4.51. The molecule has 0 spiro atoms. The molecule has 1 aromatic rings. The van der Waals surface area contributed by atoms with Gasteiger partial charge in [0, 0.05) is 5.25 Å². The average molecular weight is 290 g/mol. The molecule has 0 amide bonds. The van der Waals surface area contributed by atoms with Crippen molar-refractivity contribution in [3.05, 3.63) is 34.1 Å². The lowest BCUT2D eigenvalue weighted by molar-refractivity contribution is 0.598. The van der Waals surface area contributed by atoms with Crippen molar-refractivity contribution in [2.24, 2.45) is 0 Å². The van der Waals surface area contributed by atoms with Gasteiger partial charge in [-0.2, -0.15) is 0 Å². The summed E-state index contributed by atoms with van der Waals surface area (Å²) in [5.41, 5.74) is 1.14. The Bertz CT molecular complexity index is 358. The Balaban J connectivity index is 2.18. The molecule has 1 aliphatic rings. The molecule has 0 aliphatic carbocycles. The molecular weight excluding hydrogens is 277 g/mol. The zero-order chi connectivity index (χ0) is 10.8. The normalized spacial score (nSPS) is 26.6. The molecule has 1 heterocycles. The lowest BCUT2D eigenvalue weighted by atomic mass is 10.2. The number of rotatable bonds is 1. The molecule has 0 saturated carbocycles. The van der Waals surface area contributed by atoms with Gasteiger partial charge in [0.2, 0.25) is 0 Å². The van der Waals surface area contributed by atoms with Crippen LogP contribution in [0.25, 0.3) is 0 Å². The Morgan fingerprint density at radius 3 is 3.00 bits per heavy atom. The lowest BCUT2D eigenvalue weighted by Gasteiger charge is -2.28. The van der Waals surface area contributed by atoms with E-state index in [1.165, 1.54) is 12.5 Å². The third-order valence-electron chi connectivity index (χ3n) is 2.50. The minimum Gasteiger partial charge on any atom is -0.302 e. The van der Waals surface area contributed by atoms with Crippen molar-refractivity contribution in [1.29, 1.82) is 0 Å². The van der Waals surface area contributed by atoms with Crippen molar-refractivity contribution in [2.45, 2.75) is 24.0 Å². The molecule has 1 N–H and O–H groups in total. The van der Waals surface area contributed by atoms with Crippen LogP contribution in [-0.2, 0) is 0 Å². The predicted molar refractivity (Wildman–Crippen MR) is 66.5 cm³/mol. The number of thioether (sulfide) groups is 1. The van der Waals surface area contributed by atoms with E-state index in [2.05, 4.69) is 28.2 Å². The highest BCUT2D eigenvalue weighted by molar-refractivity contribution is 9.10. The molecule has 0 bridgehead atoms. The van der Waals surface area contributed by atoms with E-state index < -0.39 is 0 Å². The highest BCUT2D eigenvalue weighted by atomic mass is 79.9. The van der Waals surface area contributed by atoms with Gasteiger partial charge in [0.05, 0.1) is 9.85 Å². The van der Waals surface area contributed by atoms with E-state index in [9.17, 15) is 4.39 Å². The van der Waals surface area contributed by atoms with E-state index in [1.807, 2.05) is 23.9 Å². The first-order valence-corrected chi connectivity index (χ1v) is 6.74. The summed E-state index contributed by atoms with van der Waals surface area (Å²) in [6.07, 6.45) is 1.20. The molecule has 0 aromatic heterocycles. The molecule has 2 rings (SSSR count). The van der Waals surface area contributed by atoms with E-state index in [0.29, 0.717) is 15.1 Å². The van der Waals surface area contributed by atoms with Gasteiger partial charge < -0.3 is 5.32 Å². The number of nitrogens with one attached hydrogen (secondary N) is 1. The molecule has 82 valence electrons. The smallest absolute Gasteiger partial charge is 0.137 e. The van der Waals surface area contributed by atoms with E-state index in [0.717, 1.165) is 12.1 Å². The van der Waals surface area contributed by atoms with Gasteiger partial charge in [-0.05, 0) is 46.6 Å². The first-order valence-electron chi connectivity index (χ1n) is 5.00. The van der Waals surface area contributed by atoms with Crippen LogP contribution in [0.5, 0.6) is 0 Å². The van der Waals surface area contributed by atoms with Crippen LogP contribution >= 0.6 is 27.7 Å². The average Bonchev–Trinajstić information content (AvgIpc) is 2.22. The van der Waals surface area contributed by atoms with Crippen LogP contribution in [-0.4, -0.2) is 11.8 Å². The maximum atomic E-state index is 13.1. The van der Waals surface area contributed by atoms with Crippen LogP contribution in [0.15, 0.2) is 22.7 Å². The van der Waals surface area contributed by atoms with Crippen molar-refractivity contribution in [1.82, 2.24) is 5.32 Å². The van der Waals surface area contributed by atoms with E-state index in [4.69, 9.17) is 0 Å². The highest BCUT2D eigenvalue weighted by Gasteiger charge is 2.20. The number of hydrogen-bond donors (Lipinski definition) is 1. The molecule has 2 atom stereocenters. The summed E-state index contributed by atoms with van der Waals surface area (Å²) in [5, 5.41) is 4.40. The number of benzene rings is 1. The van der Waals surface area contributed by atoms with Gasteiger partial charge in [0.1, 0.15) is 5.82 Å². The first kappa shape index (κ1) is 11.4. The first-order chi connectivity index (χ1) is 7.16. The largest absolute Gasteiger partial charge is 0.302 e. The molecule has 0 radical (unpaired) electrons. The third kappa shape index (κ3) is 2.74. The Morgan fingerprint density at radius 2 is 2.33 bits per heavy atom. The quantitative estimate of drug-likeness (QED) is 0.846. The van der Waals surface area contributed by atoms with Crippen LogP contribution in [0.3, 0.4) is 0 Å². The van der Waals surface area contributed by atoms with Crippen molar-refractivity contribution in [3.63, 3.8) is 0 Å². The summed E-state index contributed by atoms with van der Waals surface area (Å²) in [4.78, 5) is 0. The lowest BCUT2D eigenvalue weighted by Crippen LogP contribution is -2.28. The minimum absolute atomic E-state index is 0.201. The zero-order valence-corrected chi connectivity index (χ0v) is 10.9. The molecule has 1 fully saturated rings. The van der Waals surface area contributed by atoms with Gasteiger partial charge in [-0.3, -0.25) is 0 Å². The Morgan fingerprint density at radius 1 is 1.53 bits per heavy atom. The summed E-state index contributed by atoms with van der Waals surface area (Å²) in [6.45, 7) is 3.27. The molecule has 1 aromatic carbocycles. The van der Waals surface area contributed by atoms with Crippen molar-refractivity contribution < 1.29 is 4.39 Å². The Hall–Kier alpha value is -0.0600. The fourth-order valence-electron chi connectivity index (χ4n) is 1.64. The monoisotopic (exact) mass is 289 g/mol. The standard InChI is InChI=1S/C11H13BrFNS/c1-7-4-5-14-11(15-7)8-2-3-10(13)9(12)6-8/h2-3,6-7,11,14H,4-5H2,1H3. The molecule has 1 nitrogen and oxygen atoms in total. The second kappa shape index (κ2) is 4.85. The molecule has 2 unspecified atom stereocenters. The van der Waals surface area contributed by atoms with E-state index >= 15 is 0 Å². The topological polar surface area (TPSA) is 12.0 Å². The SMILES string of the molecule is CC1CCNC(c2ccc(F)c(Br)c2)S1. The second-order valence-electron chi connectivity index (χ2n) is 3.74. The van der Waals surface area contributed by atoms with Gasteiger partial charge in [0.25, 0.3) is 0 Å². The molecule has 1 aliphatic heterocycles. The second-order valence-corrected chi connectivity index (χ2v) is 6.15. The van der Waals surface area contributed by atoms with Crippen molar-refractivity contribution >= 4 is 27.7 Å². The number of halogens is 2. The molecule has 15 heavy (non-hydrogen) atoms. The van der Waals surface area contributed by atoms with Crippen molar-refractivity contribution in [2.75, 3.05) is 6.54 Å². The predicted octanol–water partition coefficient (Wildman–Crippen LogP) is 3.70. The Kier molecular flexibility index (Phi) is 3.69. The molecule has 1 saturated heterocycles. The maximum Gasteiger partial charge on any atom is 0.137 e. The Labute approximate surface area is 102 Å². The van der Waals surface area contributed by atoms with E-state index in [-0.39, 0.29) is 5.82 Å². The summed E-state index contributed by atoms with van der Waals surface area (Å²) in [6, 6.07) is 5.22. The van der Waals surface area contributed by atoms with Gasteiger partial charge in [-0.25, -0.2) is 4.39 Å². The van der Waals surface area contributed by atoms with Crippen molar-refractivity contribution in [3.8, 4) is 0 Å². The van der Waals surface area contributed by atoms with Gasteiger partial charge >= 0.3 is 0 Å². The van der Waals surface area contributed by atoms with Gasteiger partial charge in [-0.1, -0.05) is 13.0 Å². The summed E-state index contributed by atoms with van der Waals surface area (Å²) < 4.78 is 13.6. The van der Waals surface area contributed by atoms with Gasteiger partial charge in [0.15, 0.2) is 0 Å². The zero-order valence-electron chi connectivity index (χ0n) is 8.47. The maximum absolute atomic E-state index is 13.1. The summed E-state index contributed by atoms with van der Waals surface area (Å²) in [5.74, 6) is -0.201. The summed E-state index contributed by atoms with van der Waals surface area (Å²) >= 11 is 5.12. The van der Waals surface area contributed by atoms with Crippen LogP contribution in [0.2, 0.25) is 0 Å². The van der Waals surface area contributed by atoms with Crippen LogP contribution in [0.4, 0.5) is 4.39 Å². The summed E-state index contributed by atoms with van der Waals surface area (Å²) in [7, 11) is 0. The van der Waals surface area contributed by atoms with Crippen LogP contribution in [0, 0.1) is 5.82 Å². The van der Waals surface area contributed by atoms with Gasteiger partial charge in [-0.15, -0.1) is 11.8 Å². The van der Waals surface area contributed by atoms with Crippen LogP contribution in [0.1, 0.15) is 24.3 Å². The highest BCUT2D eigenvalue weighted by Crippen LogP contribution is 2.35. The molecular formula is C11H13BrFNS. The van der Waals surface area contributed by atoms with Crippen LogP contribution < -0.4 is 5.32 Å².